The summed E-state index contributed by atoms with van der Waals surface area (Å²) >= 11 is 0. The van der Waals surface area contributed by atoms with Crippen molar-refractivity contribution < 1.29 is 32.9 Å². The number of amides is 1. The Morgan fingerprint density at radius 2 is 0.718 bits per heavy atom. The molecule has 0 saturated heterocycles. The zero-order valence-corrected chi connectivity index (χ0v) is 56.9. The van der Waals surface area contributed by atoms with Crippen LogP contribution in [0.1, 0.15) is 303 Å². The Kier molecular flexibility index (Phi) is 63.0. The maximum Gasteiger partial charge on any atom is 0.268 e. The number of allylic oxidation sites excluding steroid dienone is 19. The van der Waals surface area contributed by atoms with Crippen LogP contribution in [0.5, 0.6) is 0 Å². The molecule has 0 aliphatic rings. The zero-order chi connectivity index (χ0) is 61.9. The van der Waals surface area contributed by atoms with Gasteiger partial charge in [-0.1, -0.05) is 328 Å². The lowest BCUT2D eigenvalue weighted by atomic mass is 10.0. The average molecular weight is 1200 g/mol. The van der Waals surface area contributed by atoms with Crippen LogP contribution in [0.15, 0.2) is 122 Å². The summed E-state index contributed by atoms with van der Waals surface area (Å²) in [6.07, 6.45) is 97.4. The number of quaternary nitrogens is 1. The number of likely N-dealkylation sites (N-methyl/N-ethyl adjacent to an activating group) is 1. The van der Waals surface area contributed by atoms with Crippen LogP contribution in [0.25, 0.3) is 0 Å². The molecule has 85 heavy (non-hydrogen) atoms. The second-order valence-corrected chi connectivity index (χ2v) is 26.3. The predicted molar refractivity (Wildman–Crippen MR) is 371 cm³/mol. The highest BCUT2D eigenvalue weighted by Crippen LogP contribution is 2.38. The third-order valence-corrected chi connectivity index (χ3v) is 16.4. The van der Waals surface area contributed by atoms with Crippen LogP contribution in [0.4, 0.5) is 0 Å². The molecule has 0 saturated carbocycles. The van der Waals surface area contributed by atoms with Crippen LogP contribution in [-0.4, -0.2) is 68.5 Å². The van der Waals surface area contributed by atoms with E-state index in [0.717, 1.165) is 96.3 Å². The Hall–Kier alpha value is -3.10. The lowest BCUT2D eigenvalue weighted by Crippen LogP contribution is -2.45. The van der Waals surface area contributed by atoms with Crippen LogP contribution >= 0.6 is 7.82 Å². The van der Waals surface area contributed by atoms with E-state index in [0.29, 0.717) is 17.4 Å². The van der Waals surface area contributed by atoms with Gasteiger partial charge in [-0.15, -0.1) is 0 Å². The van der Waals surface area contributed by atoms with Crippen molar-refractivity contribution in [1.82, 2.24) is 5.32 Å². The minimum absolute atomic E-state index is 0.00480. The number of hydrogen-bond donors (Lipinski definition) is 2. The van der Waals surface area contributed by atoms with Gasteiger partial charge in [-0.3, -0.25) is 9.36 Å². The maximum atomic E-state index is 13.0. The average Bonchev–Trinajstić information content (AvgIpc) is 3.48. The number of nitrogens with zero attached hydrogens (tertiary/aromatic N) is 1. The molecule has 2 N–H and O–H groups in total. The van der Waals surface area contributed by atoms with E-state index < -0.39 is 20.0 Å². The minimum atomic E-state index is -4.61. The highest BCUT2D eigenvalue weighted by atomic mass is 31.2. The Bertz CT molecular complexity index is 1800. The lowest BCUT2D eigenvalue weighted by Gasteiger charge is -2.29. The van der Waals surface area contributed by atoms with Crippen molar-refractivity contribution in [3.63, 3.8) is 0 Å². The second kappa shape index (κ2) is 65.3. The molecule has 1 amide bonds. The number of hydrogen-bond acceptors (Lipinski definition) is 6. The van der Waals surface area contributed by atoms with Crippen molar-refractivity contribution in [2.75, 3.05) is 40.9 Å². The third-order valence-electron chi connectivity index (χ3n) is 15.4. The molecule has 0 fully saturated rings. The Balaban J connectivity index is 4.07. The molecule has 3 atom stereocenters. The van der Waals surface area contributed by atoms with Gasteiger partial charge in [0, 0.05) is 6.42 Å². The fraction of sp³-hybridized carbons (Fsp3) is 0.724. The monoisotopic (exact) mass is 1200 g/mol. The van der Waals surface area contributed by atoms with Crippen LogP contribution in [0.3, 0.4) is 0 Å². The number of carbonyl (C=O) groups excluding carboxylic acids is 1. The van der Waals surface area contributed by atoms with E-state index in [4.69, 9.17) is 9.05 Å². The summed E-state index contributed by atoms with van der Waals surface area (Å²) in [4.78, 5) is 25.6. The van der Waals surface area contributed by atoms with E-state index in [2.05, 4.69) is 129 Å². The second-order valence-electron chi connectivity index (χ2n) is 24.9. The maximum absolute atomic E-state index is 13.0. The van der Waals surface area contributed by atoms with Gasteiger partial charge in [0.15, 0.2) is 0 Å². The number of carbonyl (C=O) groups is 1. The van der Waals surface area contributed by atoms with Crippen LogP contribution in [-0.2, 0) is 18.4 Å². The SMILES string of the molecule is CC/C=C\C/C=C\C/C=C\C/C=C\C/C=C\C/C=C\C/C=C\C/C=C\C/C=C\CCCCCCCCCCCCCCCC(=O)NC(COP(=O)([O-])OCC[N+](C)(C)C)C(O)/C=C/CCCCCCCCCCCCCCCCCCCCCC. The molecule has 0 aromatic carbocycles. The zero-order valence-electron chi connectivity index (χ0n) is 56.0. The van der Waals surface area contributed by atoms with E-state index >= 15 is 0 Å². The fourth-order valence-electron chi connectivity index (χ4n) is 9.97. The van der Waals surface area contributed by atoms with Gasteiger partial charge in [-0.25, -0.2) is 0 Å². The Labute approximate surface area is 526 Å². The van der Waals surface area contributed by atoms with E-state index in [-0.39, 0.29) is 19.1 Å². The van der Waals surface area contributed by atoms with E-state index in [9.17, 15) is 19.4 Å². The molecule has 0 radical (unpaired) electrons. The molecular weight excluding hydrogens is 1070 g/mol. The van der Waals surface area contributed by atoms with E-state index in [1.807, 2.05) is 27.2 Å². The largest absolute Gasteiger partial charge is 0.756 e. The first-order chi connectivity index (χ1) is 41.5. The third kappa shape index (κ3) is 68.3. The molecule has 0 aromatic heterocycles. The normalized spacial score (nSPS) is 14.4. The number of aliphatic hydroxyl groups excluding tert-OH is 1. The van der Waals surface area contributed by atoms with E-state index in [1.54, 1.807) is 6.08 Å². The quantitative estimate of drug-likeness (QED) is 0.0272. The molecule has 0 spiro atoms. The van der Waals surface area contributed by atoms with E-state index in [1.165, 1.54) is 186 Å². The van der Waals surface area contributed by atoms with Gasteiger partial charge in [0.25, 0.3) is 7.82 Å². The summed E-state index contributed by atoms with van der Waals surface area (Å²) in [7, 11) is 1.26. The van der Waals surface area contributed by atoms with Crippen molar-refractivity contribution >= 4 is 13.7 Å². The standard InChI is InChI=1S/C76H135N2O6P/c1-6-8-10-12-14-16-18-20-22-24-26-28-30-31-32-33-34-35-36-37-38-39-40-41-42-43-44-45-46-47-48-50-52-54-56-58-60-62-64-66-68-70-76(80)77-74(73-84-85(81,82)83-72-71-78(3,4)5)75(79)69-67-65-63-61-59-57-55-53-51-49-29-27-25-23-21-19-17-15-13-11-9-7-2/h8,10,14,16,20,22,26,28,31-32,34-35,37-38,40-41,43-44,67,69,74-75,79H,6-7,9,11-13,15,17-19,21,23-25,27,29-30,33,36,39,42,45-66,68,70-73H2,1-5H3,(H-,77,80,81,82)/b10-8-,16-14-,22-20-,28-26-,32-31-,35-34-,38-37-,41-40-,44-43-,69-67+. The molecule has 0 heterocycles. The van der Waals surface area contributed by atoms with Crippen LogP contribution in [0.2, 0.25) is 0 Å². The summed E-state index contributed by atoms with van der Waals surface area (Å²) < 4.78 is 23.4. The van der Waals surface area contributed by atoms with Crippen molar-refractivity contribution in [2.24, 2.45) is 0 Å². The van der Waals surface area contributed by atoms with Gasteiger partial charge in [0.05, 0.1) is 39.9 Å². The first-order valence-corrected chi connectivity index (χ1v) is 36.9. The van der Waals surface area contributed by atoms with Gasteiger partial charge in [0.1, 0.15) is 13.2 Å². The first-order valence-electron chi connectivity index (χ1n) is 35.4. The lowest BCUT2D eigenvalue weighted by molar-refractivity contribution is -0.870. The van der Waals surface area contributed by atoms with Crippen molar-refractivity contribution in [3.05, 3.63) is 122 Å². The molecular formula is C76H135N2O6P. The van der Waals surface area contributed by atoms with Crippen LogP contribution < -0.4 is 10.2 Å². The predicted octanol–water partition coefficient (Wildman–Crippen LogP) is 22.2. The first kappa shape index (κ1) is 81.9. The highest BCUT2D eigenvalue weighted by molar-refractivity contribution is 7.45. The topological polar surface area (TPSA) is 108 Å². The molecule has 490 valence electrons. The Morgan fingerprint density at radius 1 is 0.424 bits per heavy atom. The summed E-state index contributed by atoms with van der Waals surface area (Å²) in [5, 5.41) is 14.0. The summed E-state index contributed by atoms with van der Waals surface area (Å²) in [6.45, 7) is 4.56. The number of rotatable bonds is 64. The smallest absolute Gasteiger partial charge is 0.268 e. The van der Waals surface area contributed by atoms with Gasteiger partial charge < -0.3 is 28.8 Å². The Morgan fingerprint density at radius 3 is 1.05 bits per heavy atom. The molecule has 3 unspecified atom stereocenters. The fourth-order valence-corrected chi connectivity index (χ4v) is 10.7. The van der Waals surface area contributed by atoms with Gasteiger partial charge >= 0.3 is 0 Å². The van der Waals surface area contributed by atoms with Crippen LogP contribution in [0, 0.1) is 0 Å². The molecule has 8 nitrogen and oxygen atoms in total. The van der Waals surface area contributed by atoms with Gasteiger partial charge in [0.2, 0.25) is 5.91 Å². The number of phosphoric acid groups is 1. The molecule has 0 rings (SSSR count). The molecule has 0 aromatic rings. The summed E-state index contributed by atoms with van der Waals surface area (Å²) in [5.74, 6) is -0.200. The molecule has 0 aliphatic heterocycles. The summed E-state index contributed by atoms with van der Waals surface area (Å²) in [5.41, 5.74) is 0. The highest BCUT2D eigenvalue weighted by Gasteiger charge is 2.23. The number of phosphoric ester groups is 1. The van der Waals surface area contributed by atoms with Crippen molar-refractivity contribution in [3.8, 4) is 0 Å². The molecule has 0 bridgehead atoms. The van der Waals surface area contributed by atoms with Crippen molar-refractivity contribution in [2.45, 2.75) is 315 Å². The number of aliphatic hydroxyl groups is 1. The van der Waals surface area contributed by atoms with Crippen molar-refractivity contribution in [1.29, 1.82) is 0 Å². The summed E-state index contributed by atoms with van der Waals surface area (Å²) in [6, 6.07) is -0.895. The molecule has 0 aliphatic carbocycles. The number of nitrogens with one attached hydrogen (secondary N) is 1. The minimum Gasteiger partial charge on any atom is -0.756 e. The van der Waals surface area contributed by atoms with Gasteiger partial charge in [-0.2, -0.15) is 0 Å². The number of unbranched alkanes of at least 4 members (excludes halogenated alkanes) is 33. The van der Waals surface area contributed by atoms with Gasteiger partial charge in [-0.05, 0) is 89.9 Å². The molecule has 9 heteroatoms.